The van der Waals surface area contributed by atoms with Crippen LogP contribution in [0.3, 0.4) is 0 Å². The molecule has 1 aliphatic rings. The summed E-state index contributed by atoms with van der Waals surface area (Å²) >= 11 is 3.99. The summed E-state index contributed by atoms with van der Waals surface area (Å²) in [7, 11) is -4.59. The molecular formula is C61H105N10O18PS. The molecular weight excluding hydrogens is 1220 g/mol. The zero-order valence-electron chi connectivity index (χ0n) is 53.8. The Hall–Kier alpha value is -5.14. The molecule has 0 saturated carbocycles. The van der Waals surface area contributed by atoms with Crippen molar-refractivity contribution in [2.75, 3.05) is 131 Å². The molecule has 0 aliphatic carbocycles. The fraction of sp³-hybridized carbons (Fsp3) is 0.738. The second kappa shape index (κ2) is 47.7. The Morgan fingerprint density at radius 3 is 1.74 bits per heavy atom. The van der Waals surface area contributed by atoms with E-state index in [2.05, 4.69) is 68.5 Å². The van der Waals surface area contributed by atoms with E-state index in [1.165, 1.54) is 24.3 Å². The van der Waals surface area contributed by atoms with E-state index in [1.54, 1.807) is 12.5 Å². The van der Waals surface area contributed by atoms with Crippen LogP contribution in [0.5, 0.6) is 0 Å². The third-order valence-corrected chi connectivity index (χ3v) is 16.1. The van der Waals surface area contributed by atoms with Gasteiger partial charge in [0.25, 0.3) is 0 Å². The Kier molecular flexibility index (Phi) is 42.0. The smallest absolute Gasteiger partial charge is 0.325 e. The Morgan fingerprint density at radius 2 is 1.20 bits per heavy atom. The van der Waals surface area contributed by atoms with Gasteiger partial charge in [-0.3, -0.25) is 38.1 Å². The van der Waals surface area contributed by atoms with Crippen LogP contribution in [0.25, 0.3) is 0 Å². The summed E-state index contributed by atoms with van der Waals surface area (Å²) in [5.74, 6) is -5.28. The number of nitrogens with two attached hydrogens (primary N) is 2. The minimum absolute atomic E-state index is 0.0174. The molecule has 2 heterocycles. The molecule has 0 bridgehead atoms. The second-order valence-electron chi connectivity index (χ2n) is 22.8. The van der Waals surface area contributed by atoms with Crippen LogP contribution in [-0.2, 0) is 95.4 Å². The molecule has 518 valence electrons. The lowest BCUT2D eigenvalue weighted by atomic mass is 10.0. The molecule has 1 aromatic carbocycles. The zero-order valence-corrected chi connectivity index (χ0v) is 55.6. The lowest BCUT2D eigenvalue weighted by Gasteiger charge is -2.29. The Labute approximate surface area is 542 Å². The minimum atomic E-state index is -4.59. The van der Waals surface area contributed by atoms with E-state index in [9.17, 15) is 47.9 Å². The summed E-state index contributed by atoms with van der Waals surface area (Å²) in [5.41, 5.74) is 13.0. The van der Waals surface area contributed by atoms with Gasteiger partial charge >= 0.3 is 7.60 Å². The number of aromatic nitrogens is 2. The number of hydrogen-bond acceptors (Lipinski definition) is 19. The number of likely N-dealkylation sites (tertiary alicyclic amines) is 1. The fourth-order valence-corrected chi connectivity index (χ4v) is 10.8. The molecule has 1 fully saturated rings. The maximum atomic E-state index is 14.4. The van der Waals surface area contributed by atoms with Gasteiger partial charge in [-0.05, 0) is 62.8 Å². The number of amides is 7. The van der Waals surface area contributed by atoms with E-state index in [1.807, 2.05) is 24.5 Å². The number of benzene rings is 1. The highest BCUT2D eigenvalue weighted by atomic mass is 32.1. The molecule has 28 nitrogen and oxygen atoms in total. The van der Waals surface area contributed by atoms with E-state index < -0.39 is 85.5 Å². The molecule has 1 saturated heterocycles. The molecule has 11 N–H and O–H groups in total. The first-order valence-electron chi connectivity index (χ1n) is 31.8. The number of primary amides is 1. The van der Waals surface area contributed by atoms with Crippen molar-refractivity contribution in [1.82, 2.24) is 41.0 Å². The van der Waals surface area contributed by atoms with Gasteiger partial charge < -0.3 is 95.2 Å². The number of nitrogens with zero attached hydrogens (tertiary/aromatic N) is 3. The van der Waals surface area contributed by atoms with Crippen LogP contribution < -0.4 is 38.1 Å². The summed E-state index contributed by atoms with van der Waals surface area (Å²) in [4.78, 5) is 118. The highest BCUT2D eigenvalue weighted by molar-refractivity contribution is 7.80. The molecule has 0 spiro atoms. The first-order valence-corrected chi connectivity index (χ1v) is 34.3. The lowest BCUT2D eigenvalue weighted by molar-refractivity contribution is -0.140. The molecule has 7 amide bonds. The SMILES string of the molecule is CC(C)C[C@H](NC(=O)C1CCCN1C(=O)CCOCCOCCOCCOCCOCCOCCOCCOCCNC(=O)[C@@H](N)CS)C(=O)N[C@@H](Cc1cncn1CCCCCCCCc1ccccc1)C(=O)N[C@@H](C)C(=O)N[C@H](C(N)=O)[C@@H](C)CP(=O)(O)O. The molecule has 3 rings (SSSR count). The van der Waals surface area contributed by atoms with Crippen molar-refractivity contribution < 1.29 is 85.8 Å². The maximum absolute atomic E-state index is 14.4. The standard InChI is InChI=1S/C61H105N10O18PS/c1-45(2)39-51(68-61(78)53-18-14-22-71(53)54(72)19-23-82-25-27-84-29-31-86-33-35-88-37-38-89-36-34-87-32-30-85-28-26-83-24-20-65-58(75)50(62)43-91)60(77)67-52(59(76)66-47(4)57(74)69-55(56(63)73)46(3)42-90(79,80)81)40-49-41-64-44-70(49)21-13-8-6-5-7-10-15-48-16-11-9-12-17-48/h9,11-12,16-17,41,44-47,50-53,55,91H,5-8,10,13-15,18-40,42-43,62H2,1-4H3,(H2,63,73)(H,65,75)(H,66,76)(H,67,77)(H,68,78)(H,69,74)(H2,79,80,81)/t46-,47-,50-,51-,52-,53?,55-/m0/s1. The van der Waals surface area contributed by atoms with Crippen molar-refractivity contribution in [1.29, 1.82) is 0 Å². The number of aryl methyl sites for hydroxylation is 2. The van der Waals surface area contributed by atoms with Gasteiger partial charge in [0, 0.05) is 43.7 Å². The largest absolute Gasteiger partial charge is 0.379 e. The molecule has 0 radical (unpaired) electrons. The van der Waals surface area contributed by atoms with Crippen LogP contribution in [0.2, 0.25) is 0 Å². The molecule has 91 heavy (non-hydrogen) atoms. The number of unbranched alkanes of at least 4 members (excludes halogenated alkanes) is 5. The van der Waals surface area contributed by atoms with Crippen molar-refractivity contribution in [2.45, 2.75) is 148 Å². The van der Waals surface area contributed by atoms with Gasteiger partial charge in [0.05, 0.1) is 131 Å². The van der Waals surface area contributed by atoms with Crippen LogP contribution in [-0.4, -0.2) is 233 Å². The quantitative estimate of drug-likeness (QED) is 0.0253. The fourth-order valence-electron chi connectivity index (χ4n) is 9.72. The third-order valence-electron chi connectivity index (χ3n) is 14.6. The van der Waals surface area contributed by atoms with Gasteiger partial charge in [-0.1, -0.05) is 76.8 Å². The van der Waals surface area contributed by atoms with E-state index in [0.29, 0.717) is 124 Å². The number of ether oxygens (including phenoxy) is 8. The summed E-state index contributed by atoms with van der Waals surface area (Å²) in [6.45, 7) is 13.5. The number of carbonyl (C=O) groups excluding carboxylic acids is 7. The van der Waals surface area contributed by atoms with Crippen LogP contribution in [0, 0.1) is 11.8 Å². The van der Waals surface area contributed by atoms with Crippen LogP contribution in [0.1, 0.15) is 103 Å². The Morgan fingerprint density at radius 1 is 0.670 bits per heavy atom. The van der Waals surface area contributed by atoms with E-state index in [-0.39, 0.29) is 62.6 Å². The number of carbonyl (C=O) groups is 7. The number of rotatable bonds is 54. The first kappa shape index (κ1) is 80.1. The van der Waals surface area contributed by atoms with Gasteiger partial charge in [-0.2, -0.15) is 12.6 Å². The van der Waals surface area contributed by atoms with Crippen LogP contribution in [0.15, 0.2) is 42.9 Å². The summed E-state index contributed by atoms with van der Waals surface area (Å²) < 4.78 is 57.8. The molecule has 1 aliphatic heterocycles. The van der Waals surface area contributed by atoms with Gasteiger partial charge in [-0.15, -0.1) is 0 Å². The number of hydrogen-bond donors (Lipinski definition) is 10. The average Bonchev–Trinajstić information content (AvgIpc) is 2.07. The topological polar surface area (TPSA) is 384 Å². The maximum Gasteiger partial charge on any atom is 0.325 e. The first-order chi connectivity index (χ1) is 43.7. The highest BCUT2D eigenvalue weighted by Crippen LogP contribution is 2.37. The summed E-state index contributed by atoms with van der Waals surface area (Å²) in [6, 6.07) is 3.70. The van der Waals surface area contributed by atoms with Crippen molar-refractivity contribution in [3.8, 4) is 0 Å². The average molecular weight is 1330 g/mol. The third kappa shape index (κ3) is 36.2. The molecule has 2 aromatic rings. The van der Waals surface area contributed by atoms with Crippen molar-refractivity contribution >= 4 is 61.6 Å². The van der Waals surface area contributed by atoms with Gasteiger partial charge in [0.1, 0.15) is 30.2 Å². The van der Waals surface area contributed by atoms with Crippen LogP contribution >= 0.6 is 20.2 Å². The molecule has 30 heteroatoms. The predicted molar refractivity (Wildman–Crippen MR) is 343 cm³/mol. The molecule has 7 atom stereocenters. The van der Waals surface area contributed by atoms with Crippen molar-refractivity contribution in [3.63, 3.8) is 0 Å². The molecule has 1 unspecified atom stereocenters. The van der Waals surface area contributed by atoms with Crippen molar-refractivity contribution in [2.24, 2.45) is 23.3 Å². The zero-order chi connectivity index (χ0) is 66.7. The van der Waals surface area contributed by atoms with Crippen molar-refractivity contribution in [3.05, 3.63) is 54.1 Å². The summed E-state index contributed by atoms with van der Waals surface area (Å²) in [5, 5.41) is 13.4. The minimum Gasteiger partial charge on any atom is -0.379 e. The molecule has 1 aromatic heterocycles. The lowest BCUT2D eigenvalue weighted by Crippen LogP contribution is -2.59. The summed E-state index contributed by atoms with van der Waals surface area (Å²) in [6.07, 6.45) is 10.8. The normalized spacial score (nSPS) is 15.4. The van der Waals surface area contributed by atoms with E-state index >= 15 is 0 Å². The predicted octanol–water partition coefficient (Wildman–Crippen LogP) is 1.20. The Bertz CT molecular complexity index is 2430. The monoisotopic (exact) mass is 1330 g/mol. The Balaban J connectivity index is 1.40. The number of thiol groups is 1. The number of imidazole rings is 1. The van der Waals surface area contributed by atoms with Gasteiger partial charge in [-0.25, -0.2) is 4.98 Å². The highest BCUT2D eigenvalue weighted by Gasteiger charge is 2.38. The number of nitrogens with one attached hydrogen (secondary N) is 5. The van der Waals surface area contributed by atoms with E-state index in [4.69, 9.17) is 49.4 Å². The second-order valence-corrected chi connectivity index (χ2v) is 24.9. The van der Waals surface area contributed by atoms with E-state index in [0.717, 1.165) is 44.9 Å². The van der Waals surface area contributed by atoms with Crippen LogP contribution in [0.4, 0.5) is 0 Å². The van der Waals surface area contributed by atoms with Gasteiger partial charge in [0.15, 0.2) is 0 Å². The van der Waals surface area contributed by atoms with Gasteiger partial charge in [0.2, 0.25) is 41.4 Å².